The first kappa shape index (κ1) is 76.2. The van der Waals surface area contributed by atoms with Gasteiger partial charge in [0, 0.05) is 158 Å². The van der Waals surface area contributed by atoms with Crippen LogP contribution in [0.2, 0.25) is 0 Å². The molecule has 528 valence electrons. The molecule has 12 rings (SSSR count). The van der Waals surface area contributed by atoms with E-state index in [0.717, 1.165) is 50.0 Å². The second-order valence-electron chi connectivity index (χ2n) is 21.9. The van der Waals surface area contributed by atoms with E-state index in [4.69, 9.17) is 14.9 Å². The number of anilines is 4. The Morgan fingerprint density at radius 2 is 0.735 bits per heavy atom. The van der Waals surface area contributed by atoms with Gasteiger partial charge in [0.25, 0.3) is 5.91 Å². The van der Waals surface area contributed by atoms with E-state index >= 15 is 0 Å². The number of hydrogen-bond acceptors (Lipinski definition) is 20. The van der Waals surface area contributed by atoms with E-state index in [1.165, 1.54) is 43.2 Å². The molecule has 0 radical (unpaired) electrons. The molecule has 30 heteroatoms. The number of nitrogens with one attached hydrogen (secondary N) is 6. The maximum atomic E-state index is 12.5. The predicted octanol–water partition coefficient (Wildman–Crippen LogP) is 8.57. The maximum absolute atomic E-state index is 12.5. The molecule has 0 unspecified atom stereocenters. The number of aromatic amines is 4. The number of fused-ring (bicyclic) bond motifs is 4. The minimum absolute atomic E-state index is 0.0410. The van der Waals surface area contributed by atoms with Crippen molar-refractivity contribution < 1.29 is 58.0 Å². The number of rotatable bonds is 20. The van der Waals surface area contributed by atoms with E-state index in [-0.39, 0.29) is 48.0 Å². The number of esters is 2. The standard InChI is InChI=1S/C18H19N5O2.C18H18N4O3.C17H16N4O3.C9H9N3O2.C9H11NO2.CH5N/c1-19-18(25)12-5-3-6-13(11-12)23(2)16(24)9-8-15-14-7-4-10-20-17(14)22-21-15;1-22(13-6-3-5-12(11-13)18(24)25-2)16(23)9-8-15-14-7-4-10-19-17(14)21-20-15;1-21(12-5-2-4-11(10-12)17(23)24)15(22)8-7-14-13-6-3-9-18-16(13)20-19-14;13-8(14)4-3-7-6-2-1-5-10-9(6)12-11-7;1-10-8-5-3-4-7(6-8)9(11)12-2;1-2/h3-7,10-11H,8-9H2,1-2H3,(H,19,25)(H,20,21,22);3-7,10-11H,8-9H2,1-2H3,(H,19,20,21);2-6,9-10H,7-8H2,1H3,(H,23,24)(H,18,19,20);1-2,5H,3-4H2,(H,13,14)(H,10,11,12);3-6,10H,1-2H3;2H2,1H3. The highest BCUT2D eigenvalue weighted by Crippen LogP contribution is 2.23. The second kappa shape index (κ2) is 38.1. The van der Waals surface area contributed by atoms with Crippen molar-refractivity contribution in [3.05, 3.63) is 215 Å². The molecule has 4 amide bonds. The molecule has 0 fully saturated rings. The summed E-state index contributed by atoms with van der Waals surface area (Å²) in [5.74, 6) is -2.96. The Kier molecular flexibility index (Phi) is 28.5. The molecular formula is C72H78N18O12. The number of hydrogen-bond donors (Lipinski definition) is 9. The van der Waals surface area contributed by atoms with Crippen LogP contribution in [0.1, 0.15) is 89.9 Å². The molecule has 0 bridgehead atoms. The van der Waals surface area contributed by atoms with Crippen LogP contribution in [0.5, 0.6) is 0 Å². The van der Waals surface area contributed by atoms with Crippen molar-refractivity contribution in [3.63, 3.8) is 0 Å². The zero-order valence-corrected chi connectivity index (χ0v) is 57.3. The van der Waals surface area contributed by atoms with Crippen LogP contribution in [-0.4, -0.2) is 175 Å². The third-order valence-corrected chi connectivity index (χ3v) is 15.5. The van der Waals surface area contributed by atoms with E-state index in [2.05, 4.69) is 81.8 Å². The number of pyridine rings is 4. The summed E-state index contributed by atoms with van der Waals surface area (Å²) in [5, 5.41) is 54.7. The Labute approximate surface area is 585 Å². The molecule has 30 nitrogen and oxygen atoms in total. The van der Waals surface area contributed by atoms with Gasteiger partial charge in [0.2, 0.25) is 17.7 Å². The van der Waals surface area contributed by atoms with Crippen LogP contribution in [-0.2, 0) is 54.3 Å². The summed E-state index contributed by atoms with van der Waals surface area (Å²) in [6, 6.07) is 42.2. The highest BCUT2D eigenvalue weighted by molar-refractivity contribution is 5.99. The van der Waals surface area contributed by atoms with Gasteiger partial charge in [-0.3, -0.25) is 44.4 Å². The molecule has 0 aliphatic rings. The lowest BCUT2D eigenvalue weighted by Gasteiger charge is -2.18. The molecular weight excluding hydrogens is 1310 g/mol. The van der Waals surface area contributed by atoms with Gasteiger partial charge in [0.05, 0.1) is 37.3 Å². The number of nitrogens with zero attached hydrogens (tertiary/aromatic N) is 11. The average molecular weight is 1390 g/mol. The van der Waals surface area contributed by atoms with Crippen LogP contribution in [0.25, 0.3) is 44.1 Å². The second-order valence-corrected chi connectivity index (χ2v) is 21.9. The monoisotopic (exact) mass is 1390 g/mol. The molecule has 0 spiro atoms. The number of carbonyl (C=O) groups excluding carboxylic acids is 6. The van der Waals surface area contributed by atoms with Gasteiger partial charge in [-0.1, -0.05) is 24.3 Å². The average Bonchev–Trinajstić information content (AvgIpc) is 1.64. The molecule has 0 saturated heterocycles. The number of carbonyl (C=O) groups is 8. The Morgan fingerprint density at radius 1 is 0.422 bits per heavy atom. The van der Waals surface area contributed by atoms with Gasteiger partial charge < -0.3 is 50.8 Å². The van der Waals surface area contributed by atoms with Gasteiger partial charge >= 0.3 is 23.9 Å². The number of amides is 4. The summed E-state index contributed by atoms with van der Waals surface area (Å²) in [6.45, 7) is 0. The summed E-state index contributed by atoms with van der Waals surface area (Å²) >= 11 is 0. The normalized spacial score (nSPS) is 10.3. The number of aromatic nitrogens is 12. The van der Waals surface area contributed by atoms with Crippen LogP contribution < -0.4 is 31.1 Å². The number of nitrogens with two attached hydrogens (primary N) is 1. The topological polar surface area (TPSA) is 422 Å². The van der Waals surface area contributed by atoms with Crippen LogP contribution >= 0.6 is 0 Å². The first-order valence-corrected chi connectivity index (χ1v) is 31.7. The minimum Gasteiger partial charge on any atom is -0.481 e. The zero-order chi connectivity index (χ0) is 73.7. The summed E-state index contributed by atoms with van der Waals surface area (Å²) in [5.41, 5.74) is 14.9. The molecule has 8 aromatic heterocycles. The first-order valence-electron chi connectivity index (χ1n) is 31.7. The predicted molar refractivity (Wildman–Crippen MR) is 385 cm³/mol. The molecule has 4 aromatic carbocycles. The van der Waals surface area contributed by atoms with Gasteiger partial charge in [0.15, 0.2) is 22.6 Å². The van der Waals surface area contributed by atoms with Crippen molar-refractivity contribution in [2.24, 2.45) is 5.73 Å². The van der Waals surface area contributed by atoms with Crippen molar-refractivity contribution in [3.8, 4) is 0 Å². The first-order chi connectivity index (χ1) is 49.3. The molecule has 102 heavy (non-hydrogen) atoms. The Morgan fingerprint density at radius 3 is 1.07 bits per heavy atom. The highest BCUT2D eigenvalue weighted by Gasteiger charge is 2.19. The fraction of sp³-hybridized carbons (Fsp3) is 0.222. The lowest BCUT2D eigenvalue weighted by molar-refractivity contribution is -0.137. The Bertz CT molecular complexity index is 4680. The smallest absolute Gasteiger partial charge is 0.337 e. The molecule has 10 N–H and O–H groups in total. The van der Waals surface area contributed by atoms with Gasteiger partial charge in [-0.2, -0.15) is 20.4 Å². The third kappa shape index (κ3) is 21.0. The number of carboxylic acids is 2. The highest BCUT2D eigenvalue weighted by atomic mass is 16.5. The van der Waals surface area contributed by atoms with Crippen molar-refractivity contribution in [1.82, 2.24) is 66.0 Å². The third-order valence-electron chi connectivity index (χ3n) is 15.5. The number of methoxy groups -OCH3 is 2. The fourth-order valence-electron chi connectivity index (χ4n) is 9.96. The van der Waals surface area contributed by atoms with Crippen molar-refractivity contribution in [2.45, 2.75) is 51.4 Å². The molecule has 0 saturated carbocycles. The van der Waals surface area contributed by atoms with E-state index in [9.17, 15) is 38.4 Å². The number of H-pyrrole nitrogens is 4. The lowest BCUT2D eigenvalue weighted by atomic mass is 10.1. The zero-order valence-electron chi connectivity index (χ0n) is 57.3. The fourth-order valence-corrected chi connectivity index (χ4v) is 9.96. The summed E-state index contributed by atoms with van der Waals surface area (Å²) < 4.78 is 9.28. The van der Waals surface area contributed by atoms with Crippen LogP contribution in [0.4, 0.5) is 22.7 Å². The maximum Gasteiger partial charge on any atom is 0.337 e. The largest absolute Gasteiger partial charge is 0.481 e. The van der Waals surface area contributed by atoms with Crippen molar-refractivity contribution in [1.29, 1.82) is 0 Å². The molecule has 0 atom stereocenters. The Hall–Kier alpha value is -13.1. The summed E-state index contributed by atoms with van der Waals surface area (Å²) in [7, 11) is 12.6. The lowest BCUT2D eigenvalue weighted by Crippen LogP contribution is -2.27. The number of aliphatic carboxylic acids is 1. The molecule has 0 aliphatic carbocycles. The van der Waals surface area contributed by atoms with Crippen LogP contribution in [0.3, 0.4) is 0 Å². The van der Waals surface area contributed by atoms with Crippen LogP contribution in [0.15, 0.2) is 170 Å². The summed E-state index contributed by atoms with van der Waals surface area (Å²) in [4.78, 5) is 114. The molecule has 8 heterocycles. The van der Waals surface area contributed by atoms with Gasteiger partial charge in [-0.05, 0) is 148 Å². The number of aryl methyl sites for hydroxylation is 4. The van der Waals surface area contributed by atoms with Gasteiger partial charge in [-0.15, -0.1) is 0 Å². The van der Waals surface area contributed by atoms with Crippen molar-refractivity contribution in [2.75, 3.05) is 76.5 Å². The molecule has 0 aliphatic heterocycles. The molecule has 12 aromatic rings. The Balaban J connectivity index is 0.000000182. The number of ether oxygens (including phenoxy) is 2. The van der Waals surface area contributed by atoms with E-state index < -0.39 is 17.9 Å². The van der Waals surface area contributed by atoms with Crippen molar-refractivity contribution >= 4 is 114 Å². The van der Waals surface area contributed by atoms with Gasteiger partial charge in [-0.25, -0.2) is 34.3 Å². The van der Waals surface area contributed by atoms with Gasteiger partial charge in [0.1, 0.15) is 0 Å². The van der Waals surface area contributed by atoms with E-state index in [0.29, 0.717) is 94.9 Å². The summed E-state index contributed by atoms with van der Waals surface area (Å²) in [6.07, 6.45) is 9.74. The van der Waals surface area contributed by atoms with E-state index in [1.807, 2.05) is 54.6 Å². The SMILES string of the molecule is CN.CN(C(=O)CCc1[nH]nc2ncccc12)c1cccc(C(=O)O)c1.CNC(=O)c1cccc(N(C)C(=O)CCc2[nH]nc3ncccc23)c1.CNc1cccc(C(=O)OC)c1.COC(=O)c1cccc(N(C)C(=O)CCc2[nH]nc3ncccc23)c1.O=C(O)CCc1[nH]nc2ncccc12. The number of benzene rings is 4. The van der Waals surface area contributed by atoms with Crippen LogP contribution in [0, 0.1) is 0 Å². The van der Waals surface area contributed by atoms with E-state index in [1.54, 1.807) is 144 Å². The quantitative estimate of drug-likeness (QED) is 0.0322. The number of carboxylic acid groups (broad SMARTS) is 2. The minimum atomic E-state index is -1.02. The number of aromatic carboxylic acids is 1.